The van der Waals surface area contributed by atoms with E-state index in [2.05, 4.69) is 49.1 Å². The zero-order valence-electron chi connectivity index (χ0n) is 18.3. The predicted molar refractivity (Wildman–Crippen MR) is 127 cm³/mol. The van der Waals surface area contributed by atoms with Gasteiger partial charge in [0, 0.05) is 12.2 Å². The Kier molecular flexibility index (Phi) is 6.58. The van der Waals surface area contributed by atoms with Crippen molar-refractivity contribution in [3.8, 4) is 17.2 Å². The van der Waals surface area contributed by atoms with E-state index in [0.29, 0.717) is 11.6 Å². The van der Waals surface area contributed by atoms with Gasteiger partial charge in [-0.1, -0.05) is 24.3 Å². The van der Waals surface area contributed by atoms with Crippen molar-refractivity contribution in [3.63, 3.8) is 0 Å². The maximum Gasteiger partial charge on any atom is 0.190 e. The Morgan fingerprint density at radius 3 is 2.39 bits per heavy atom. The first-order valence-electron chi connectivity index (χ1n) is 10.8. The van der Waals surface area contributed by atoms with Crippen LogP contribution in [0.15, 0.2) is 85.3 Å². The number of nitrogens with zero attached hydrogens (tertiary/aromatic N) is 1. The standard InChI is InChI=1S/C27H30N2O2/c1-20(30-26-13-15-27(16-14-26)31-25-7-5-4-6-8-25)28-24-12-11-22-17-21(19-29(2)3)9-10-23(22)18-24/h4-8,11-16,18,21,28H,1,9-10,17,19H2,2-3H3. The molecule has 0 saturated carbocycles. The molecule has 160 valence electrons. The molecule has 1 N–H and O–H groups in total. The smallest absolute Gasteiger partial charge is 0.190 e. The fourth-order valence-corrected chi connectivity index (χ4v) is 4.11. The molecule has 0 aliphatic heterocycles. The van der Waals surface area contributed by atoms with E-state index in [1.807, 2.05) is 54.6 Å². The van der Waals surface area contributed by atoms with Gasteiger partial charge in [0.05, 0.1) is 0 Å². The molecule has 1 unspecified atom stereocenters. The highest BCUT2D eigenvalue weighted by molar-refractivity contribution is 5.52. The van der Waals surface area contributed by atoms with Crippen LogP contribution in [0.25, 0.3) is 0 Å². The van der Waals surface area contributed by atoms with Gasteiger partial charge in [0.25, 0.3) is 0 Å². The normalized spacial score (nSPS) is 15.3. The molecule has 3 aromatic carbocycles. The van der Waals surface area contributed by atoms with E-state index in [1.54, 1.807) is 0 Å². The second-order valence-corrected chi connectivity index (χ2v) is 8.39. The lowest BCUT2D eigenvalue weighted by Gasteiger charge is -2.27. The van der Waals surface area contributed by atoms with E-state index >= 15 is 0 Å². The topological polar surface area (TPSA) is 33.7 Å². The monoisotopic (exact) mass is 414 g/mol. The van der Waals surface area contributed by atoms with Crippen LogP contribution in [0.4, 0.5) is 5.69 Å². The number of para-hydroxylation sites is 1. The Bertz CT molecular complexity index is 1010. The van der Waals surface area contributed by atoms with Gasteiger partial charge in [-0.2, -0.15) is 0 Å². The summed E-state index contributed by atoms with van der Waals surface area (Å²) in [6, 6.07) is 23.8. The highest BCUT2D eigenvalue weighted by Crippen LogP contribution is 2.29. The van der Waals surface area contributed by atoms with Crippen LogP contribution in [-0.2, 0) is 12.8 Å². The fourth-order valence-electron chi connectivity index (χ4n) is 4.11. The van der Waals surface area contributed by atoms with E-state index in [9.17, 15) is 0 Å². The van der Waals surface area contributed by atoms with Gasteiger partial charge in [0.2, 0.25) is 0 Å². The van der Waals surface area contributed by atoms with Crippen LogP contribution < -0.4 is 14.8 Å². The third kappa shape index (κ3) is 5.89. The third-order valence-corrected chi connectivity index (χ3v) is 5.49. The highest BCUT2D eigenvalue weighted by atomic mass is 16.5. The first-order chi connectivity index (χ1) is 15.0. The summed E-state index contributed by atoms with van der Waals surface area (Å²) in [5.74, 6) is 3.52. The molecule has 4 heteroatoms. The summed E-state index contributed by atoms with van der Waals surface area (Å²) in [6.07, 6.45) is 3.52. The minimum absolute atomic E-state index is 0.498. The number of ether oxygens (including phenoxy) is 2. The molecule has 0 radical (unpaired) electrons. The molecule has 3 aromatic rings. The maximum absolute atomic E-state index is 5.86. The third-order valence-electron chi connectivity index (χ3n) is 5.49. The lowest BCUT2D eigenvalue weighted by atomic mass is 9.83. The fraction of sp³-hybridized carbons (Fsp3) is 0.259. The van der Waals surface area contributed by atoms with E-state index in [-0.39, 0.29) is 0 Å². The van der Waals surface area contributed by atoms with Crippen molar-refractivity contribution in [2.24, 2.45) is 5.92 Å². The molecule has 1 aliphatic carbocycles. The van der Waals surface area contributed by atoms with Crippen molar-refractivity contribution in [3.05, 3.63) is 96.4 Å². The highest BCUT2D eigenvalue weighted by Gasteiger charge is 2.19. The molecule has 0 bridgehead atoms. The van der Waals surface area contributed by atoms with Gasteiger partial charge in [-0.15, -0.1) is 0 Å². The molecule has 0 aromatic heterocycles. The number of hydrogen-bond acceptors (Lipinski definition) is 4. The number of fused-ring (bicyclic) bond motifs is 1. The van der Waals surface area contributed by atoms with Crippen LogP contribution in [0.5, 0.6) is 17.2 Å². The largest absolute Gasteiger partial charge is 0.457 e. The van der Waals surface area contributed by atoms with Crippen molar-refractivity contribution < 1.29 is 9.47 Å². The van der Waals surface area contributed by atoms with E-state index in [1.165, 1.54) is 17.5 Å². The van der Waals surface area contributed by atoms with E-state index in [0.717, 1.165) is 42.5 Å². The summed E-state index contributed by atoms with van der Waals surface area (Å²) in [4.78, 5) is 2.28. The second-order valence-electron chi connectivity index (χ2n) is 8.39. The number of nitrogens with one attached hydrogen (secondary N) is 1. The van der Waals surface area contributed by atoms with Crippen LogP contribution >= 0.6 is 0 Å². The molecule has 0 heterocycles. The maximum atomic E-state index is 5.86. The Morgan fingerprint density at radius 1 is 0.935 bits per heavy atom. The summed E-state index contributed by atoms with van der Waals surface area (Å²) in [7, 11) is 4.30. The van der Waals surface area contributed by atoms with Crippen molar-refractivity contribution in [2.75, 3.05) is 26.0 Å². The Hall–Kier alpha value is -3.24. The number of benzene rings is 3. The molecule has 4 rings (SSSR count). The zero-order chi connectivity index (χ0) is 21.6. The SMILES string of the molecule is C=C(Nc1ccc2c(c1)CCC(CN(C)C)C2)Oc1ccc(Oc2ccccc2)cc1. The number of anilines is 1. The summed E-state index contributed by atoms with van der Waals surface area (Å²) < 4.78 is 11.7. The lowest BCUT2D eigenvalue weighted by molar-refractivity contribution is 0.303. The second kappa shape index (κ2) is 9.71. The summed E-state index contributed by atoms with van der Waals surface area (Å²) in [6.45, 7) is 5.17. The zero-order valence-corrected chi connectivity index (χ0v) is 18.3. The lowest BCUT2D eigenvalue weighted by Crippen LogP contribution is -2.26. The molecule has 0 fully saturated rings. The molecule has 0 spiro atoms. The molecule has 0 saturated heterocycles. The van der Waals surface area contributed by atoms with E-state index < -0.39 is 0 Å². The average Bonchev–Trinajstić information content (AvgIpc) is 2.75. The Morgan fingerprint density at radius 2 is 1.65 bits per heavy atom. The molecule has 0 amide bonds. The molecule has 1 atom stereocenters. The number of rotatable bonds is 8. The molecular weight excluding hydrogens is 384 g/mol. The molecule has 1 aliphatic rings. The van der Waals surface area contributed by atoms with Crippen LogP contribution in [0, 0.1) is 5.92 Å². The van der Waals surface area contributed by atoms with E-state index in [4.69, 9.17) is 9.47 Å². The average molecular weight is 415 g/mol. The van der Waals surface area contributed by atoms with Gasteiger partial charge in [0.1, 0.15) is 17.2 Å². The van der Waals surface area contributed by atoms with Gasteiger partial charge >= 0.3 is 0 Å². The summed E-state index contributed by atoms with van der Waals surface area (Å²) >= 11 is 0. The minimum atomic E-state index is 0.498. The van der Waals surface area contributed by atoms with Gasteiger partial charge in [-0.3, -0.25) is 0 Å². The van der Waals surface area contributed by atoms with Crippen LogP contribution in [0.2, 0.25) is 0 Å². The number of aryl methyl sites for hydroxylation is 1. The molecular formula is C27H30N2O2. The van der Waals surface area contributed by atoms with Gasteiger partial charge in [-0.05, 0) is 106 Å². The number of hydrogen-bond donors (Lipinski definition) is 1. The first kappa shape index (κ1) is 21.0. The molecule has 4 nitrogen and oxygen atoms in total. The van der Waals surface area contributed by atoms with Crippen molar-refractivity contribution in [1.82, 2.24) is 4.90 Å². The van der Waals surface area contributed by atoms with Crippen molar-refractivity contribution in [1.29, 1.82) is 0 Å². The Balaban J connectivity index is 1.32. The predicted octanol–water partition coefficient (Wildman–Crippen LogP) is 6.11. The molecule has 31 heavy (non-hydrogen) atoms. The first-order valence-corrected chi connectivity index (χ1v) is 10.8. The van der Waals surface area contributed by atoms with Crippen molar-refractivity contribution >= 4 is 5.69 Å². The minimum Gasteiger partial charge on any atom is -0.457 e. The summed E-state index contributed by atoms with van der Waals surface area (Å²) in [5, 5.41) is 3.28. The van der Waals surface area contributed by atoms with Gasteiger partial charge in [0.15, 0.2) is 5.88 Å². The quantitative estimate of drug-likeness (QED) is 0.451. The summed E-state index contributed by atoms with van der Waals surface area (Å²) in [5.41, 5.74) is 3.90. The Labute approximate surface area is 185 Å². The van der Waals surface area contributed by atoms with Crippen LogP contribution in [0.1, 0.15) is 17.5 Å². The van der Waals surface area contributed by atoms with Crippen LogP contribution in [-0.4, -0.2) is 25.5 Å². The van der Waals surface area contributed by atoms with Gasteiger partial charge in [-0.25, -0.2) is 0 Å². The van der Waals surface area contributed by atoms with Crippen molar-refractivity contribution in [2.45, 2.75) is 19.3 Å². The van der Waals surface area contributed by atoms with Gasteiger partial charge < -0.3 is 19.7 Å². The van der Waals surface area contributed by atoms with Crippen LogP contribution in [0.3, 0.4) is 0 Å².